The predicted molar refractivity (Wildman–Crippen MR) is 191 cm³/mol. The molecule has 0 unspecified atom stereocenters. The number of hydrogen-bond donors (Lipinski definition) is 3. The maximum atomic E-state index is 14.4. The van der Waals surface area contributed by atoms with E-state index in [4.69, 9.17) is 4.74 Å². The largest absolute Gasteiger partial charge is 0.444 e. The monoisotopic (exact) mass is 789 g/mol. The number of sulfonamides is 1. The molecule has 5 atom stereocenters. The van der Waals surface area contributed by atoms with Gasteiger partial charge in [-0.15, -0.1) is 0 Å². The summed E-state index contributed by atoms with van der Waals surface area (Å²) < 4.78 is 34.6. The molecule has 1 aromatic rings. The molecule has 3 heterocycles. The van der Waals surface area contributed by atoms with E-state index < -0.39 is 68.7 Å². The SMILES string of the molecule is CC(C)(C)CC(=O)N[C@H]1CCCCC/C=C\[C@@H]2C[C@@]2(C(=O)NS(=O)(=O)C2CC2)NC(=O)[C@@H]2C[C@@H](OC(=O)N3Cc4ccc(Br)cc4C3)CN2C1=O. The zero-order chi connectivity index (χ0) is 36.7. The minimum absolute atomic E-state index is 0.0309. The molecule has 5 aliphatic rings. The number of rotatable bonds is 6. The molecule has 1 aromatic carbocycles. The van der Waals surface area contributed by atoms with Crippen molar-refractivity contribution in [1.29, 1.82) is 0 Å². The molecule has 3 aliphatic heterocycles. The van der Waals surface area contributed by atoms with E-state index in [1.165, 1.54) is 4.90 Å². The van der Waals surface area contributed by atoms with Crippen LogP contribution in [0.2, 0.25) is 0 Å². The van der Waals surface area contributed by atoms with E-state index in [-0.39, 0.29) is 37.1 Å². The molecule has 2 saturated carbocycles. The molecule has 5 amide bonds. The van der Waals surface area contributed by atoms with Gasteiger partial charge in [0.2, 0.25) is 27.7 Å². The lowest BCUT2D eigenvalue weighted by atomic mass is 9.91. The number of hydrogen-bond acceptors (Lipinski definition) is 8. The number of carbonyl (C=O) groups excluding carboxylic acids is 5. The third kappa shape index (κ3) is 8.78. The van der Waals surface area contributed by atoms with Crippen molar-refractivity contribution < 1.29 is 37.1 Å². The van der Waals surface area contributed by atoms with Crippen LogP contribution >= 0.6 is 15.9 Å². The van der Waals surface area contributed by atoms with Crippen LogP contribution in [0.1, 0.15) is 96.1 Å². The van der Waals surface area contributed by atoms with Crippen LogP contribution in [-0.2, 0) is 47.0 Å². The van der Waals surface area contributed by atoms with Crippen LogP contribution in [0.4, 0.5) is 4.79 Å². The molecular weight excluding hydrogens is 742 g/mol. The average Bonchev–Trinajstić information content (AvgIpc) is 3.93. The van der Waals surface area contributed by atoms with E-state index >= 15 is 0 Å². The lowest BCUT2D eigenvalue weighted by Gasteiger charge is -2.30. The Morgan fingerprint density at radius 3 is 2.53 bits per heavy atom. The number of halogens is 1. The number of nitrogens with zero attached hydrogens (tertiary/aromatic N) is 2. The summed E-state index contributed by atoms with van der Waals surface area (Å²) in [5, 5.41) is 5.13. The number of amides is 5. The molecule has 0 bridgehead atoms. The highest BCUT2D eigenvalue weighted by Crippen LogP contribution is 2.46. The van der Waals surface area contributed by atoms with Crippen LogP contribution in [-0.4, -0.2) is 83.5 Å². The molecule has 278 valence electrons. The quantitative estimate of drug-likeness (QED) is 0.366. The number of allylic oxidation sites excluding steroid dienone is 1. The predicted octanol–water partition coefficient (Wildman–Crippen LogP) is 3.80. The zero-order valence-corrected chi connectivity index (χ0v) is 31.8. The smallest absolute Gasteiger partial charge is 0.410 e. The summed E-state index contributed by atoms with van der Waals surface area (Å²) in [6.45, 7) is 6.43. The first-order valence-corrected chi connectivity index (χ1v) is 20.3. The topological polar surface area (TPSA) is 171 Å². The average molecular weight is 791 g/mol. The molecule has 0 radical (unpaired) electrons. The maximum Gasteiger partial charge on any atom is 0.410 e. The van der Waals surface area contributed by atoms with Gasteiger partial charge in [-0.3, -0.25) is 28.8 Å². The Balaban J connectivity index is 1.25. The Morgan fingerprint density at radius 2 is 1.80 bits per heavy atom. The minimum Gasteiger partial charge on any atom is -0.444 e. The first-order valence-electron chi connectivity index (χ1n) is 17.9. The lowest BCUT2D eigenvalue weighted by Crippen LogP contribution is -2.58. The van der Waals surface area contributed by atoms with Gasteiger partial charge >= 0.3 is 6.09 Å². The molecule has 2 aliphatic carbocycles. The zero-order valence-electron chi connectivity index (χ0n) is 29.4. The van der Waals surface area contributed by atoms with Gasteiger partial charge < -0.3 is 20.3 Å². The third-order valence-electron chi connectivity index (χ3n) is 10.3. The molecule has 6 rings (SSSR count). The van der Waals surface area contributed by atoms with Gasteiger partial charge in [0.05, 0.1) is 11.8 Å². The van der Waals surface area contributed by atoms with Crippen molar-refractivity contribution >= 4 is 55.7 Å². The van der Waals surface area contributed by atoms with Gasteiger partial charge in [0, 0.05) is 36.3 Å². The second-order valence-electron chi connectivity index (χ2n) is 15.9. The van der Waals surface area contributed by atoms with Crippen molar-refractivity contribution in [3.8, 4) is 0 Å². The van der Waals surface area contributed by atoms with Gasteiger partial charge in [-0.25, -0.2) is 13.2 Å². The van der Waals surface area contributed by atoms with Gasteiger partial charge in [-0.2, -0.15) is 0 Å². The summed E-state index contributed by atoms with van der Waals surface area (Å²) in [5.41, 5.74) is 0.166. The Morgan fingerprint density at radius 1 is 1.06 bits per heavy atom. The van der Waals surface area contributed by atoms with Crippen LogP contribution < -0.4 is 15.4 Å². The Kier molecular flexibility index (Phi) is 10.6. The number of ether oxygens (including phenoxy) is 1. The van der Waals surface area contributed by atoms with Gasteiger partial charge in [0.25, 0.3) is 5.91 Å². The van der Waals surface area contributed by atoms with E-state index in [0.717, 1.165) is 28.4 Å². The van der Waals surface area contributed by atoms with E-state index in [9.17, 15) is 32.4 Å². The number of fused-ring (bicyclic) bond motifs is 3. The van der Waals surface area contributed by atoms with Crippen molar-refractivity contribution in [1.82, 2.24) is 25.2 Å². The Bertz CT molecular complexity index is 1720. The van der Waals surface area contributed by atoms with Crippen LogP contribution in [0, 0.1) is 11.3 Å². The van der Waals surface area contributed by atoms with Gasteiger partial charge in [-0.1, -0.05) is 67.8 Å². The Hall–Kier alpha value is -3.46. The van der Waals surface area contributed by atoms with Crippen LogP contribution in [0.3, 0.4) is 0 Å². The fraction of sp³-hybridized carbons (Fsp3) is 0.639. The summed E-state index contributed by atoms with van der Waals surface area (Å²) in [6, 6.07) is 3.76. The number of nitrogens with one attached hydrogen (secondary N) is 3. The van der Waals surface area contributed by atoms with Crippen LogP contribution in [0.25, 0.3) is 0 Å². The third-order valence-corrected chi connectivity index (χ3v) is 12.6. The summed E-state index contributed by atoms with van der Waals surface area (Å²) in [7, 11) is -3.89. The fourth-order valence-electron chi connectivity index (χ4n) is 7.28. The van der Waals surface area contributed by atoms with E-state index in [1.54, 1.807) is 4.90 Å². The molecule has 13 nitrogen and oxygen atoms in total. The molecule has 1 saturated heterocycles. The van der Waals surface area contributed by atoms with Crippen molar-refractivity contribution in [2.75, 3.05) is 6.54 Å². The fourth-order valence-corrected chi connectivity index (χ4v) is 9.06. The van der Waals surface area contributed by atoms with E-state index in [1.807, 2.05) is 51.1 Å². The minimum atomic E-state index is -3.89. The summed E-state index contributed by atoms with van der Waals surface area (Å²) >= 11 is 3.47. The molecule has 3 fully saturated rings. The summed E-state index contributed by atoms with van der Waals surface area (Å²) in [5.74, 6) is -2.62. The van der Waals surface area contributed by atoms with Crippen molar-refractivity contribution in [3.63, 3.8) is 0 Å². The van der Waals surface area contributed by atoms with Gasteiger partial charge in [0.1, 0.15) is 23.7 Å². The molecule has 51 heavy (non-hydrogen) atoms. The highest BCUT2D eigenvalue weighted by molar-refractivity contribution is 9.10. The van der Waals surface area contributed by atoms with Crippen molar-refractivity contribution in [2.45, 2.75) is 127 Å². The Labute approximate surface area is 307 Å². The lowest BCUT2D eigenvalue weighted by molar-refractivity contribution is -0.142. The second kappa shape index (κ2) is 14.5. The molecular formula is C36H48BrN5O8S. The maximum absolute atomic E-state index is 14.4. The van der Waals surface area contributed by atoms with Crippen LogP contribution in [0.15, 0.2) is 34.8 Å². The normalized spacial score (nSPS) is 29.0. The van der Waals surface area contributed by atoms with E-state index in [2.05, 4.69) is 31.3 Å². The van der Waals surface area contributed by atoms with E-state index in [0.29, 0.717) is 45.2 Å². The van der Waals surface area contributed by atoms with Crippen LogP contribution in [0.5, 0.6) is 0 Å². The molecule has 0 aromatic heterocycles. The van der Waals surface area contributed by atoms with Crippen molar-refractivity contribution in [2.24, 2.45) is 11.3 Å². The summed E-state index contributed by atoms with van der Waals surface area (Å²) in [6.07, 6.45) is 7.02. The van der Waals surface area contributed by atoms with Crippen molar-refractivity contribution in [3.05, 3.63) is 46.0 Å². The highest BCUT2D eigenvalue weighted by atomic mass is 79.9. The highest BCUT2D eigenvalue weighted by Gasteiger charge is 2.62. The standard InChI is InChI=1S/C36H48BrN5O8S/c1-35(2,3)18-30(43)38-28-10-8-6-4-5-7-9-24-17-36(24,33(46)40-51(48,49)27-13-14-27)39-31(44)29-16-26(21-42(29)32(28)45)50-34(47)41-19-22-11-12-25(37)15-23(22)20-41/h7,9,11-12,15,24,26-29H,4-6,8,10,13-14,16-21H2,1-3H3,(H,38,43)(H,39,44)(H,40,46)/b9-7-/t24-,26-,28+,29+,36-/m1/s1. The molecule has 3 N–H and O–H groups in total. The van der Waals surface area contributed by atoms with Gasteiger partial charge in [-0.05, 0) is 67.2 Å². The molecule has 15 heteroatoms. The van der Waals surface area contributed by atoms with Gasteiger partial charge in [0.15, 0.2) is 0 Å². The first kappa shape index (κ1) is 37.3. The number of carbonyl (C=O) groups is 5. The second-order valence-corrected chi connectivity index (χ2v) is 18.8. The molecule has 0 spiro atoms. The first-order chi connectivity index (χ1) is 24.0. The summed E-state index contributed by atoms with van der Waals surface area (Å²) in [4.78, 5) is 71.6. The number of benzene rings is 1.